The van der Waals surface area contributed by atoms with Gasteiger partial charge in [0.25, 0.3) is 0 Å². The summed E-state index contributed by atoms with van der Waals surface area (Å²) in [5, 5.41) is 2.80. The van der Waals surface area contributed by atoms with Crippen LogP contribution in [-0.2, 0) is 4.79 Å². The van der Waals surface area contributed by atoms with Crippen molar-refractivity contribution < 1.29 is 9.53 Å². The summed E-state index contributed by atoms with van der Waals surface area (Å²) in [4.78, 5) is 13.5. The number of benzene rings is 1. The molecule has 1 amide bonds. The Morgan fingerprint density at radius 2 is 2.21 bits per heavy atom. The van der Waals surface area contributed by atoms with Crippen LogP contribution < -0.4 is 10.1 Å². The van der Waals surface area contributed by atoms with Crippen molar-refractivity contribution >= 4 is 21.8 Å². The molecular weight excluding hydrogens is 308 g/mol. The van der Waals surface area contributed by atoms with Gasteiger partial charge in [0.2, 0.25) is 5.91 Å². The van der Waals surface area contributed by atoms with E-state index in [2.05, 4.69) is 26.1 Å². The normalized spacial score (nSPS) is 10.5. The van der Waals surface area contributed by atoms with E-state index in [-0.39, 0.29) is 5.91 Å². The van der Waals surface area contributed by atoms with Crippen molar-refractivity contribution in [3.8, 4) is 5.75 Å². The summed E-state index contributed by atoms with van der Waals surface area (Å²) >= 11 is 3.40. The lowest BCUT2D eigenvalue weighted by Crippen LogP contribution is -2.38. The lowest BCUT2D eigenvalue weighted by molar-refractivity contribution is -0.122. The molecule has 0 atom stereocenters. The smallest absolute Gasteiger partial charge is 0.234 e. The van der Waals surface area contributed by atoms with Crippen molar-refractivity contribution in [2.45, 2.75) is 13.8 Å². The van der Waals surface area contributed by atoms with Crippen LogP contribution in [0.4, 0.5) is 0 Å². The molecule has 1 rings (SSSR count). The second kappa shape index (κ2) is 8.93. The molecule has 1 aromatic carbocycles. The summed E-state index contributed by atoms with van der Waals surface area (Å²) in [6.07, 6.45) is 0. The van der Waals surface area contributed by atoms with Gasteiger partial charge in [-0.05, 0) is 31.7 Å². The van der Waals surface area contributed by atoms with Crippen LogP contribution in [-0.4, -0.2) is 43.6 Å². The third-order valence-electron chi connectivity index (χ3n) is 2.66. The van der Waals surface area contributed by atoms with Gasteiger partial charge in [-0.3, -0.25) is 9.69 Å². The van der Waals surface area contributed by atoms with Crippen LogP contribution in [0, 0.1) is 0 Å². The predicted octanol–water partition coefficient (Wildman–Crippen LogP) is 2.29. The number of hydrogen-bond donors (Lipinski definition) is 1. The zero-order valence-electron chi connectivity index (χ0n) is 11.5. The van der Waals surface area contributed by atoms with Crippen molar-refractivity contribution in [2.75, 3.05) is 32.8 Å². The van der Waals surface area contributed by atoms with E-state index in [0.717, 1.165) is 23.3 Å². The highest BCUT2D eigenvalue weighted by Gasteiger charge is 2.08. The first-order valence-electron chi connectivity index (χ1n) is 6.53. The van der Waals surface area contributed by atoms with Crippen molar-refractivity contribution in [1.82, 2.24) is 10.2 Å². The van der Waals surface area contributed by atoms with Gasteiger partial charge in [-0.15, -0.1) is 0 Å². The quantitative estimate of drug-likeness (QED) is 0.796. The molecule has 106 valence electrons. The summed E-state index contributed by atoms with van der Waals surface area (Å²) in [7, 11) is 0. The molecular formula is C14H21BrN2O2. The highest BCUT2D eigenvalue weighted by atomic mass is 79.9. The number of likely N-dealkylation sites (N-methyl/N-ethyl adjacent to an activating group) is 2. The molecule has 0 radical (unpaired) electrons. The lowest BCUT2D eigenvalue weighted by Gasteiger charge is -2.19. The van der Waals surface area contributed by atoms with Gasteiger partial charge >= 0.3 is 0 Å². The highest BCUT2D eigenvalue weighted by molar-refractivity contribution is 9.10. The largest absolute Gasteiger partial charge is 0.492 e. The van der Waals surface area contributed by atoms with Crippen LogP contribution in [0.2, 0.25) is 0 Å². The van der Waals surface area contributed by atoms with Gasteiger partial charge in [0.05, 0.1) is 6.54 Å². The summed E-state index contributed by atoms with van der Waals surface area (Å²) in [6, 6.07) is 7.75. The molecule has 5 heteroatoms. The van der Waals surface area contributed by atoms with Crippen LogP contribution in [0.15, 0.2) is 28.7 Å². The van der Waals surface area contributed by atoms with Crippen LogP contribution in [0.3, 0.4) is 0 Å². The van der Waals surface area contributed by atoms with E-state index in [1.165, 1.54) is 0 Å². The van der Waals surface area contributed by atoms with Gasteiger partial charge in [-0.25, -0.2) is 0 Å². The van der Waals surface area contributed by atoms with E-state index in [9.17, 15) is 4.79 Å². The minimum absolute atomic E-state index is 0.0619. The van der Waals surface area contributed by atoms with Gasteiger partial charge in [0, 0.05) is 17.6 Å². The second-order valence-electron chi connectivity index (χ2n) is 4.13. The Kier molecular flexibility index (Phi) is 7.52. The van der Waals surface area contributed by atoms with E-state index in [1.807, 2.05) is 38.1 Å². The van der Waals surface area contributed by atoms with Gasteiger partial charge in [0.1, 0.15) is 12.4 Å². The number of hydrogen-bond acceptors (Lipinski definition) is 3. The summed E-state index contributed by atoms with van der Waals surface area (Å²) < 4.78 is 6.66. The highest BCUT2D eigenvalue weighted by Crippen LogP contribution is 2.17. The van der Waals surface area contributed by atoms with Gasteiger partial charge in [-0.1, -0.05) is 28.9 Å². The molecule has 0 bridgehead atoms. The molecule has 0 aliphatic rings. The van der Waals surface area contributed by atoms with E-state index in [1.54, 1.807) is 0 Å². The summed E-state index contributed by atoms with van der Waals surface area (Å²) in [5.41, 5.74) is 0. The molecule has 1 aromatic rings. The Labute approximate surface area is 123 Å². The first-order chi connectivity index (χ1) is 9.15. The Morgan fingerprint density at radius 3 is 2.84 bits per heavy atom. The Bertz CT molecular complexity index is 399. The zero-order chi connectivity index (χ0) is 14.1. The standard InChI is InChI=1S/C14H21BrN2O2/c1-3-16-14(18)11-17(4-2)8-9-19-13-7-5-6-12(15)10-13/h5-7,10H,3-4,8-9,11H2,1-2H3,(H,16,18). The minimum Gasteiger partial charge on any atom is -0.492 e. The third-order valence-corrected chi connectivity index (χ3v) is 3.15. The molecule has 0 aromatic heterocycles. The van der Waals surface area contributed by atoms with E-state index >= 15 is 0 Å². The SMILES string of the molecule is CCNC(=O)CN(CC)CCOc1cccc(Br)c1. The van der Waals surface area contributed by atoms with Gasteiger partial charge in [-0.2, -0.15) is 0 Å². The fraction of sp³-hybridized carbons (Fsp3) is 0.500. The maximum Gasteiger partial charge on any atom is 0.234 e. The second-order valence-corrected chi connectivity index (χ2v) is 5.04. The topological polar surface area (TPSA) is 41.6 Å². The number of nitrogens with one attached hydrogen (secondary N) is 1. The molecule has 0 spiro atoms. The molecule has 0 saturated heterocycles. The molecule has 1 N–H and O–H groups in total. The molecule has 0 aliphatic carbocycles. The molecule has 4 nitrogen and oxygen atoms in total. The average Bonchev–Trinajstić information content (AvgIpc) is 2.38. The van der Waals surface area contributed by atoms with Gasteiger partial charge < -0.3 is 10.1 Å². The number of rotatable bonds is 8. The molecule has 0 unspecified atom stereocenters. The van der Waals surface area contributed by atoms with Gasteiger partial charge in [0.15, 0.2) is 0 Å². The first-order valence-corrected chi connectivity index (χ1v) is 7.32. The Morgan fingerprint density at radius 1 is 1.42 bits per heavy atom. The third kappa shape index (κ3) is 6.59. The van der Waals surface area contributed by atoms with Crippen LogP contribution in [0.5, 0.6) is 5.75 Å². The van der Waals surface area contributed by atoms with Crippen molar-refractivity contribution in [1.29, 1.82) is 0 Å². The van der Waals surface area contributed by atoms with Crippen LogP contribution in [0.25, 0.3) is 0 Å². The Hall–Kier alpha value is -1.07. The van der Waals surface area contributed by atoms with Crippen molar-refractivity contribution in [3.63, 3.8) is 0 Å². The molecule has 0 fully saturated rings. The van der Waals surface area contributed by atoms with Crippen molar-refractivity contribution in [2.24, 2.45) is 0 Å². The predicted molar refractivity (Wildman–Crippen MR) is 80.4 cm³/mol. The monoisotopic (exact) mass is 328 g/mol. The van der Waals surface area contributed by atoms with Crippen LogP contribution in [0.1, 0.15) is 13.8 Å². The molecule has 0 heterocycles. The van der Waals surface area contributed by atoms with Crippen molar-refractivity contribution in [3.05, 3.63) is 28.7 Å². The first kappa shape index (κ1) is 16.0. The number of carbonyl (C=O) groups excluding carboxylic acids is 1. The van der Waals surface area contributed by atoms with E-state index in [4.69, 9.17) is 4.74 Å². The summed E-state index contributed by atoms with van der Waals surface area (Å²) in [5.74, 6) is 0.898. The maximum atomic E-state index is 11.5. The molecule has 19 heavy (non-hydrogen) atoms. The van der Waals surface area contributed by atoms with Crippen LogP contribution >= 0.6 is 15.9 Å². The number of halogens is 1. The molecule has 0 saturated carbocycles. The Balaban J connectivity index is 2.31. The maximum absolute atomic E-state index is 11.5. The minimum atomic E-state index is 0.0619. The number of ether oxygens (including phenoxy) is 1. The number of amides is 1. The number of carbonyl (C=O) groups is 1. The fourth-order valence-electron chi connectivity index (χ4n) is 1.65. The summed E-state index contributed by atoms with van der Waals surface area (Å²) in [6.45, 7) is 7.20. The zero-order valence-corrected chi connectivity index (χ0v) is 13.1. The lowest BCUT2D eigenvalue weighted by atomic mass is 10.3. The van der Waals surface area contributed by atoms with E-state index in [0.29, 0.717) is 19.7 Å². The average molecular weight is 329 g/mol. The number of nitrogens with zero attached hydrogens (tertiary/aromatic N) is 1. The molecule has 0 aliphatic heterocycles. The fourth-order valence-corrected chi connectivity index (χ4v) is 2.03. The van der Waals surface area contributed by atoms with E-state index < -0.39 is 0 Å².